The number of H-pyrrole nitrogens is 1. The third kappa shape index (κ3) is 2.00. The smallest absolute Gasteiger partial charge is 0.408 e. The molecule has 0 spiro atoms. The van der Waals surface area contributed by atoms with Crippen LogP contribution in [0.1, 0.15) is 5.82 Å². The van der Waals surface area contributed by atoms with Crippen LogP contribution in [0.25, 0.3) is 11.1 Å². The van der Waals surface area contributed by atoms with Gasteiger partial charge in [0.15, 0.2) is 9.92 Å². The second-order valence-corrected chi connectivity index (χ2v) is 5.65. The second kappa shape index (κ2) is 4.14. The predicted molar refractivity (Wildman–Crippen MR) is 70.0 cm³/mol. The lowest BCUT2D eigenvalue weighted by Crippen LogP contribution is -1.93. The Morgan fingerprint density at radius 3 is 3.06 bits per heavy atom. The minimum absolute atomic E-state index is 0.454. The molecule has 0 unspecified atom stereocenters. The van der Waals surface area contributed by atoms with Gasteiger partial charge in [-0.15, -0.1) is 0 Å². The van der Waals surface area contributed by atoms with Crippen LogP contribution in [0.15, 0.2) is 30.6 Å². The summed E-state index contributed by atoms with van der Waals surface area (Å²) in [6.45, 7) is 1.83. The maximum Gasteiger partial charge on any atom is 0.417 e. The largest absolute Gasteiger partial charge is 0.417 e. The van der Waals surface area contributed by atoms with Gasteiger partial charge in [0.2, 0.25) is 0 Å². The number of oxazole rings is 1. The number of nitrogen functional groups attached to an aromatic ring is 1. The van der Waals surface area contributed by atoms with Crippen LogP contribution in [0.5, 0.6) is 0 Å². The van der Waals surface area contributed by atoms with Crippen molar-refractivity contribution in [1.82, 2.24) is 14.3 Å². The van der Waals surface area contributed by atoms with E-state index in [2.05, 4.69) is 14.3 Å². The Morgan fingerprint density at radius 1 is 1.50 bits per heavy atom. The molecule has 3 N–H and O–H groups in total. The van der Waals surface area contributed by atoms with Crippen molar-refractivity contribution in [2.75, 3.05) is 5.73 Å². The summed E-state index contributed by atoms with van der Waals surface area (Å²) >= 11 is 2.73. The standard InChI is InChI=1S/C10H8N4O2S2/c1-4-12-10(18-14-4)17-8-3-6-7(2-5(8)11)16-9(15)13-6/h2-3H,11H2,1H3,(H,13,15). The Bertz CT molecular complexity index is 774. The van der Waals surface area contributed by atoms with Crippen LogP contribution in [0.4, 0.5) is 5.69 Å². The van der Waals surface area contributed by atoms with Gasteiger partial charge in [0, 0.05) is 16.6 Å². The van der Waals surface area contributed by atoms with Gasteiger partial charge < -0.3 is 10.2 Å². The molecule has 2 heterocycles. The highest BCUT2D eigenvalue weighted by Crippen LogP contribution is 2.34. The first-order valence-corrected chi connectivity index (χ1v) is 6.61. The SMILES string of the molecule is Cc1nsc(Sc2cc3[nH]c(=O)oc3cc2N)n1. The maximum absolute atomic E-state index is 11.1. The predicted octanol–water partition coefficient (Wildman–Crippen LogP) is 2.01. The highest BCUT2D eigenvalue weighted by atomic mass is 32.2. The van der Waals surface area contributed by atoms with Crippen molar-refractivity contribution in [2.45, 2.75) is 16.2 Å². The summed E-state index contributed by atoms with van der Waals surface area (Å²) in [6, 6.07) is 3.40. The zero-order chi connectivity index (χ0) is 12.7. The summed E-state index contributed by atoms with van der Waals surface area (Å²) in [7, 11) is 0. The van der Waals surface area contributed by atoms with E-state index in [1.165, 1.54) is 23.3 Å². The Morgan fingerprint density at radius 2 is 2.33 bits per heavy atom. The highest BCUT2D eigenvalue weighted by molar-refractivity contribution is 8.01. The molecule has 0 aliphatic rings. The summed E-state index contributed by atoms with van der Waals surface area (Å²) in [4.78, 5) is 18.7. The number of nitrogens with two attached hydrogens (primary N) is 1. The number of aromatic amines is 1. The molecule has 6 nitrogen and oxygen atoms in total. The van der Waals surface area contributed by atoms with Crippen molar-refractivity contribution in [3.8, 4) is 0 Å². The Hall–Kier alpha value is -1.80. The molecule has 2 aromatic heterocycles. The molecule has 8 heteroatoms. The van der Waals surface area contributed by atoms with Crippen LogP contribution in [0.3, 0.4) is 0 Å². The van der Waals surface area contributed by atoms with E-state index in [4.69, 9.17) is 10.2 Å². The van der Waals surface area contributed by atoms with Crippen LogP contribution >= 0.6 is 23.3 Å². The Labute approximate surface area is 109 Å². The average Bonchev–Trinajstić information content (AvgIpc) is 2.85. The second-order valence-electron chi connectivity index (χ2n) is 3.61. The van der Waals surface area contributed by atoms with Crippen molar-refractivity contribution in [3.63, 3.8) is 0 Å². The van der Waals surface area contributed by atoms with E-state index in [0.717, 1.165) is 15.1 Å². The van der Waals surface area contributed by atoms with Crippen molar-refractivity contribution in [2.24, 2.45) is 0 Å². The van der Waals surface area contributed by atoms with E-state index in [1.807, 2.05) is 6.92 Å². The summed E-state index contributed by atoms with van der Waals surface area (Å²) in [5, 5.41) is 0. The number of fused-ring (bicyclic) bond motifs is 1. The summed E-state index contributed by atoms with van der Waals surface area (Å²) in [5.41, 5.74) is 7.53. The molecule has 0 fully saturated rings. The monoisotopic (exact) mass is 280 g/mol. The van der Waals surface area contributed by atoms with E-state index in [1.54, 1.807) is 12.1 Å². The normalized spacial score (nSPS) is 11.2. The van der Waals surface area contributed by atoms with Crippen molar-refractivity contribution in [1.29, 1.82) is 0 Å². The van der Waals surface area contributed by atoms with Gasteiger partial charge in [-0.05, 0) is 24.5 Å². The summed E-state index contributed by atoms with van der Waals surface area (Å²) in [6.07, 6.45) is 0. The van der Waals surface area contributed by atoms with Crippen LogP contribution in [0, 0.1) is 6.92 Å². The van der Waals surface area contributed by atoms with E-state index in [-0.39, 0.29) is 0 Å². The fourth-order valence-corrected chi connectivity index (χ4v) is 3.17. The van der Waals surface area contributed by atoms with Crippen LogP contribution in [0.2, 0.25) is 0 Å². The van der Waals surface area contributed by atoms with Gasteiger partial charge in [0.1, 0.15) is 5.82 Å². The number of hydrogen-bond acceptors (Lipinski definition) is 7. The number of aromatic nitrogens is 3. The molecule has 0 saturated heterocycles. The quantitative estimate of drug-likeness (QED) is 0.697. The first-order chi connectivity index (χ1) is 8.61. The van der Waals surface area contributed by atoms with Gasteiger partial charge in [-0.3, -0.25) is 4.98 Å². The first-order valence-electron chi connectivity index (χ1n) is 5.02. The van der Waals surface area contributed by atoms with Gasteiger partial charge in [-0.1, -0.05) is 11.8 Å². The third-order valence-electron chi connectivity index (χ3n) is 2.26. The lowest BCUT2D eigenvalue weighted by Gasteiger charge is -2.01. The number of hydrogen-bond donors (Lipinski definition) is 2. The molecule has 0 radical (unpaired) electrons. The third-order valence-corrected chi connectivity index (χ3v) is 4.17. The van der Waals surface area contributed by atoms with Gasteiger partial charge in [-0.2, -0.15) is 4.37 Å². The van der Waals surface area contributed by atoms with E-state index in [9.17, 15) is 4.79 Å². The number of nitrogens with zero attached hydrogens (tertiary/aromatic N) is 2. The molecule has 1 aromatic carbocycles. The zero-order valence-electron chi connectivity index (χ0n) is 9.26. The molecule has 0 saturated carbocycles. The fourth-order valence-electron chi connectivity index (χ4n) is 1.50. The molecule has 3 aromatic rings. The molecule has 0 aliphatic carbocycles. The molecule has 0 amide bonds. The maximum atomic E-state index is 11.1. The Balaban J connectivity index is 2.05. The lowest BCUT2D eigenvalue weighted by molar-refractivity contribution is 0.555. The van der Waals surface area contributed by atoms with Crippen molar-refractivity contribution in [3.05, 3.63) is 28.5 Å². The highest BCUT2D eigenvalue weighted by Gasteiger charge is 2.10. The summed E-state index contributed by atoms with van der Waals surface area (Å²) < 4.78 is 9.84. The van der Waals surface area contributed by atoms with Crippen molar-refractivity contribution < 1.29 is 4.42 Å². The number of aryl methyl sites for hydroxylation is 1. The lowest BCUT2D eigenvalue weighted by atomic mass is 10.3. The van der Waals surface area contributed by atoms with Gasteiger partial charge >= 0.3 is 5.76 Å². The number of anilines is 1. The molecule has 0 aliphatic heterocycles. The van der Waals surface area contributed by atoms with E-state index in [0.29, 0.717) is 16.8 Å². The van der Waals surface area contributed by atoms with Crippen molar-refractivity contribution >= 4 is 40.1 Å². The zero-order valence-corrected chi connectivity index (χ0v) is 10.9. The molecule has 92 valence electrons. The van der Waals surface area contributed by atoms with Crippen LogP contribution < -0.4 is 11.5 Å². The van der Waals surface area contributed by atoms with Gasteiger partial charge in [-0.25, -0.2) is 9.78 Å². The molecular formula is C10H8N4O2S2. The molecular weight excluding hydrogens is 272 g/mol. The molecule has 18 heavy (non-hydrogen) atoms. The number of rotatable bonds is 2. The fraction of sp³-hybridized carbons (Fsp3) is 0.100. The van der Waals surface area contributed by atoms with Gasteiger partial charge in [0.25, 0.3) is 0 Å². The minimum atomic E-state index is -0.488. The minimum Gasteiger partial charge on any atom is -0.408 e. The first kappa shape index (κ1) is 11.3. The van der Waals surface area contributed by atoms with E-state index >= 15 is 0 Å². The van der Waals surface area contributed by atoms with Crippen LogP contribution in [-0.2, 0) is 0 Å². The number of benzene rings is 1. The molecule has 0 atom stereocenters. The average molecular weight is 280 g/mol. The van der Waals surface area contributed by atoms with E-state index < -0.39 is 5.76 Å². The molecule has 3 rings (SSSR count). The van der Waals surface area contributed by atoms with Crippen LogP contribution in [-0.4, -0.2) is 14.3 Å². The number of nitrogens with one attached hydrogen (secondary N) is 1. The topological polar surface area (TPSA) is 97.8 Å². The Kier molecular flexibility index (Phi) is 2.60. The van der Waals surface area contributed by atoms with Gasteiger partial charge in [0.05, 0.1) is 5.52 Å². The molecule has 0 bridgehead atoms. The summed E-state index contributed by atoms with van der Waals surface area (Å²) in [5.74, 6) is 0.247.